The van der Waals surface area contributed by atoms with E-state index in [0.717, 1.165) is 6.54 Å². The van der Waals surface area contributed by atoms with Crippen LogP contribution in [0.4, 0.5) is 4.39 Å². The molecule has 10 heavy (non-hydrogen) atoms. The molecule has 0 aromatic carbocycles. The first-order valence-electron chi connectivity index (χ1n) is 3.45. The van der Waals surface area contributed by atoms with Crippen molar-refractivity contribution in [1.29, 1.82) is 0 Å². The van der Waals surface area contributed by atoms with E-state index in [0.29, 0.717) is 12.4 Å². The lowest BCUT2D eigenvalue weighted by molar-refractivity contribution is 0.368. The highest BCUT2D eigenvalue weighted by molar-refractivity contribution is 6.18. The van der Waals surface area contributed by atoms with Gasteiger partial charge in [0.25, 0.3) is 0 Å². The highest BCUT2D eigenvalue weighted by atomic mass is 35.5. The van der Waals surface area contributed by atoms with Crippen molar-refractivity contribution in [2.24, 2.45) is 5.41 Å². The molecule has 0 aliphatic rings. The van der Waals surface area contributed by atoms with Crippen molar-refractivity contribution >= 4 is 11.6 Å². The number of alkyl halides is 2. The third kappa shape index (κ3) is 5.00. The molecule has 62 valence electrons. The summed E-state index contributed by atoms with van der Waals surface area (Å²) in [6, 6.07) is 0. The SMILES string of the molecule is CC(C)(CCl)CNCCF. The normalized spacial score (nSPS) is 12.0. The lowest BCUT2D eigenvalue weighted by atomic mass is 9.97. The second kappa shape index (κ2) is 4.91. The van der Waals surface area contributed by atoms with Crippen LogP contribution < -0.4 is 5.32 Å². The Balaban J connectivity index is 3.28. The summed E-state index contributed by atoms with van der Waals surface area (Å²) in [5.41, 5.74) is 0.0801. The zero-order valence-corrected chi connectivity index (χ0v) is 7.34. The van der Waals surface area contributed by atoms with Crippen molar-refractivity contribution in [2.45, 2.75) is 13.8 Å². The molecule has 0 heterocycles. The van der Waals surface area contributed by atoms with E-state index >= 15 is 0 Å². The first-order valence-corrected chi connectivity index (χ1v) is 3.98. The van der Waals surface area contributed by atoms with Crippen LogP contribution in [0.1, 0.15) is 13.8 Å². The molecule has 1 nitrogen and oxygen atoms in total. The summed E-state index contributed by atoms with van der Waals surface area (Å²) in [7, 11) is 0. The Bertz CT molecular complexity index is 85.7. The zero-order chi connectivity index (χ0) is 8.04. The van der Waals surface area contributed by atoms with E-state index in [-0.39, 0.29) is 12.1 Å². The van der Waals surface area contributed by atoms with Crippen LogP contribution in [0.2, 0.25) is 0 Å². The van der Waals surface area contributed by atoms with Gasteiger partial charge in [0, 0.05) is 19.0 Å². The predicted octanol–water partition coefficient (Wildman–Crippen LogP) is 1.81. The van der Waals surface area contributed by atoms with Gasteiger partial charge < -0.3 is 5.32 Å². The van der Waals surface area contributed by atoms with Gasteiger partial charge in [-0.15, -0.1) is 11.6 Å². The van der Waals surface area contributed by atoms with E-state index < -0.39 is 0 Å². The summed E-state index contributed by atoms with van der Waals surface area (Å²) >= 11 is 5.64. The van der Waals surface area contributed by atoms with Crippen LogP contribution in [0.5, 0.6) is 0 Å². The van der Waals surface area contributed by atoms with Gasteiger partial charge >= 0.3 is 0 Å². The fraction of sp³-hybridized carbons (Fsp3) is 1.00. The fourth-order valence-electron chi connectivity index (χ4n) is 0.541. The van der Waals surface area contributed by atoms with Gasteiger partial charge in [-0.1, -0.05) is 13.8 Å². The van der Waals surface area contributed by atoms with Gasteiger partial charge in [-0.2, -0.15) is 0 Å². The van der Waals surface area contributed by atoms with E-state index in [2.05, 4.69) is 5.32 Å². The van der Waals surface area contributed by atoms with Crippen LogP contribution in [0.25, 0.3) is 0 Å². The largest absolute Gasteiger partial charge is 0.314 e. The van der Waals surface area contributed by atoms with E-state index in [1.54, 1.807) is 0 Å². The maximum absolute atomic E-state index is 11.6. The topological polar surface area (TPSA) is 12.0 Å². The van der Waals surface area contributed by atoms with Crippen molar-refractivity contribution in [1.82, 2.24) is 5.32 Å². The molecule has 0 aromatic heterocycles. The molecule has 0 fully saturated rings. The molecule has 0 unspecified atom stereocenters. The second-order valence-corrected chi connectivity index (χ2v) is 3.43. The van der Waals surface area contributed by atoms with Crippen molar-refractivity contribution in [2.75, 3.05) is 25.6 Å². The Labute approximate surface area is 66.9 Å². The van der Waals surface area contributed by atoms with Crippen molar-refractivity contribution in [3.63, 3.8) is 0 Å². The lowest BCUT2D eigenvalue weighted by Gasteiger charge is -2.21. The number of nitrogens with one attached hydrogen (secondary N) is 1. The third-order valence-electron chi connectivity index (χ3n) is 1.24. The van der Waals surface area contributed by atoms with Crippen LogP contribution in [0, 0.1) is 5.41 Å². The number of hydrogen-bond donors (Lipinski definition) is 1. The summed E-state index contributed by atoms with van der Waals surface area (Å²) in [6.45, 7) is 5.00. The van der Waals surface area contributed by atoms with E-state index in [1.807, 2.05) is 13.8 Å². The molecule has 0 spiro atoms. The summed E-state index contributed by atoms with van der Waals surface area (Å²) in [5.74, 6) is 0.603. The Hall–Kier alpha value is 0.180. The van der Waals surface area contributed by atoms with Crippen molar-refractivity contribution < 1.29 is 4.39 Å². The molecule has 0 radical (unpaired) electrons. The first kappa shape index (κ1) is 10.2. The molecule has 0 saturated carbocycles. The lowest BCUT2D eigenvalue weighted by Crippen LogP contribution is -2.31. The molecular formula is C7H15ClFN. The Kier molecular flexibility index (Phi) is 5.00. The molecule has 0 saturated heterocycles. The van der Waals surface area contributed by atoms with E-state index in [4.69, 9.17) is 11.6 Å². The van der Waals surface area contributed by atoms with E-state index in [1.165, 1.54) is 0 Å². The van der Waals surface area contributed by atoms with Crippen LogP contribution in [-0.2, 0) is 0 Å². The average molecular weight is 168 g/mol. The monoisotopic (exact) mass is 167 g/mol. The van der Waals surface area contributed by atoms with Gasteiger partial charge in [0.1, 0.15) is 6.67 Å². The molecule has 0 aliphatic carbocycles. The maximum Gasteiger partial charge on any atom is 0.102 e. The predicted molar refractivity (Wildman–Crippen MR) is 43.3 cm³/mol. The number of hydrogen-bond acceptors (Lipinski definition) is 1. The summed E-state index contributed by atoms with van der Waals surface area (Å²) in [5, 5.41) is 2.97. The van der Waals surface area contributed by atoms with Gasteiger partial charge in [0.15, 0.2) is 0 Å². The smallest absolute Gasteiger partial charge is 0.102 e. The highest BCUT2D eigenvalue weighted by Gasteiger charge is 2.14. The van der Waals surface area contributed by atoms with Crippen LogP contribution in [-0.4, -0.2) is 25.6 Å². The van der Waals surface area contributed by atoms with Gasteiger partial charge in [0.05, 0.1) is 0 Å². The minimum atomic E-state index is -0.307. The van der Waals surface area contributed by atoms with Gasteiger partial charge in [-0.05, 0) is 5.41 Å². The third-order valence-corrected chi connectivity index (χ3v) is 1.96. The van der Waals surface area contributed by atoms with Crippen LogP contribution in [0.15, 0.2) is 0 Å². The molecule has 0 bridgehead atoms. The maximum atomic E-state index is 11.6. The molecule has 0 aliphatic heterocycles. The molecule has 0 aromatic rings. The van der Waals surface area contributed by atoms with Gasteiger partial charge in [-0.25, -0.2) is 4.39 Å². The molecule has 1 N–H and O–H groups in total. The average Bonchev–Trinajstić information content (AvgIpc) is 1.89. The first-order chi connectivity index (χ1) is 4.62. The fourth-order valence-corrected chi connectivity index (χ4v) is 0.635. The van der Waals surface area contributed by atoms with Crippen molar-refractivity contribution in [3.8, 4) is 0 Å². The summed E-state index contributed by atoms with van der Waals surface area (Å²) in [6.07, 6.45) is 0. The van der Waals surface area contributed by atoms with Gasteiger partial charge in [0.2, 0.25) is 0 Å². The quantitative estimate of drug-likeness (QED) is 0.487. The molecule has 0 atom stereocenters. The minimum Gasteiger partial charge on any atom is -0.314 e. The molecular weight excluding hydrogens is 153 g/mol. The minimum absolute atomic E-state index is 0.0801. The Morgan fingerprint density at radius 2 is 2.10 bits per heavy atom. The number of halogens is 2. The van der Waals surface area contributed by atoms with Gasteiger partial charge in [-0.3, -0.25) is 0 Å². The molecule has 3 heteroatoms. The number of rotatable bonds is 5. The second-order valence-electron chi connectivity index (χ2n) is 3.16. The Morgan fingerprint density at radius 1 is 1.50 bits per heavy atom. The molecule has 0 rings (SSSR count). The summed E-state index contributed by atoms with van der Waals surface area (Å²) in [4.78, 5) is 0. The Morgan fingerprint density at radius 3 is 2.50 bits per heavy atom. The summed E-state index contributed by atoms with van der Waals surface area (Å²) < 4.78 is 11.6. The molecule has 0 amide bonds. The zero-order valence-electron chi connectivity index (χ0n) is 6.58. The standard InChI is InChI=1S/C7H15ClFN/c1-7(2,5-8)6-10-4-3-9/h10H,3-6H2,1-2H3. The highest BCUT2D eigenvalue weighted by Crippen LogP contribution is 2.14. The van der Waals surface area contributed by atoms with Crippen LogP contribution >= 0.6 is 11.6 Å². The van der Waals surface area contributed by atoms with E-state index in [9.17, 15) is 4.39 Å². The van der Waals surface area contributed by atoms with Crippen LogP contribution in [0.3, 0.4) is 0 Å². The van der Waals surface area contributed by atoms with Crippen molar-refractivity contribution in [3.05, 3.63) is 0 Å².